The summed E-state index contributed by atoms with van der Waals surface area (Å²) >= 11 is 1.71. The van der Waals surface area contributed by atoms with Crippen LogP contribution in [0.1, 0.15) is 24.8 Å². The molecule has 1 aliphatic carbocycles. The highest BCUT2D eigenvalue weighted by atomic mass is 32.1. The Bertz CT molecular complexity index is 392. The van der Waals surface area contributed by atoms with E-state index in [0.717, 1.165) is 37.9 Å². The summed E-state index contributed by atoms with van der Waals surface area (Å²) in [6, 6.07) is 2.26. The lowest BCUT2D eigenvalue weighted by Crippen LogP contribution is -2.39. The van der Waals surface area contributed by atoms with Crippen molar-refractivity contribution in [1.29, 1.82) is 0 Å². The first kappa shape index (κ1) is 12.0. The molecule has 1 saturated heterocycles. The van der Waals surface area contributed by atoms with Gasteiger partial charge in [0.2, 0.25) is 0 Å². The van der Waals surface area contributed by atoms with Crippen molar-refractivity contribution in [1.82, 2.24) is 10.2 Å². The van der Waals surface area contributed by atoms with Crippen molar-refractivity contribution < 1.29 is 4.79 Å². The smallest absolute Gasteiger partial charge is 0.317 e. The van der Waals surface area contributed by atoms with Crippen molar-refractivity contribution in [2.75, 3.05) is 19.6 Å². The average molecular weight is 264 g/mol. The lowest BCUT2D eigenvalue weighted by molar-refractivity contribution is 0.205. The van der Waals surface area contributed by atoms with Crippen LogP contribution in [-0.2, 0) is 6.42 Å². The van der Waals surface area contributed by atoms with Crippen LogP contribution < -0.4 is 5.32 Å². The topological polar surface area (TPSA) is 32.3 Å². The lowest BCUT2D eigenvalue weighted by Gasteiger charge is -2.17. The zero-order valence-electron chi connectivity index (χ0n) is 10.6. The second-order valence-electron chi connectivity index (χ2n) is 5.47. The molecular formula is C14H20N2OS. The Labute approximate surface area is 112 Å². The first-order chi connectivity index (χ1) is 8.83. The number of carbonyl (C=O) groups is 1. The van der Waals surface area contributed by atoms with Crippen LogP contribution in [0.3, 0.4) is 0 Å². The van der Waals surface area contributed by atoms with Crippen LogP contribution in [-0.4, -0.2) is 30.6 Å². The molecule has 4 heteroatoms. The summed E-state index contributed by atoms with van der Waals surface area (Å²) in [6.07, 6.45) is 4.95. The van der Waals surface area contributed by atoms with Crippen molar-refractivity contribution in [3.8, 4) is 0 Å². The zero-order valence-corrected chi connectivity index (χ0v) is 11.4. The molecule has 0 radical (unpaired) electrons. The Morgan fingerprint density at radius 3 is 2.83 bits per heavy atom. The van der Waals surface area contributed by atoms with Gasteiger partial charge < -0.3 is 10.2 Å². The molecule has 1 aromatic rings. The van der Waals surface area contributed by atoms with E-state index in [9.17, 15) is 4.79 Å². The number of nitrogens with zero attached hydrogens (tertiary/aromatic N) is 1. The fourth-order valence-electron chi connectivity index (χ4n) is 3.26. The molecule has 0 aromatic carbocycles. The van der Waals surface area contributed by atoms with Gasteiger partial charge in [0.15, 0.2) is 0 Å². The second kappa shape index (κ2) is 5.31. The summed E-state index contributed by atoms with van der Waals surface area (Å²) in [5.41, 5.74) is 1.32. The van der Waals surface area contributed by atoms with Gasteiger partial charge in [0.1, 0.15) is 0 Å². The number of nitrogens with one attached hydrogen (secondary N) is 1. The van der Waals surface area contributed by atoms with Gasteiger partial charge in [-0.25, -0.2) is 4.79 Å². The summed E-state index contributed by atoms with van der Waals surface area (Å²) in [5.74, 6) is 1.57. The van der Waals surface area contributed by atoms with Crippen molar-refractivity contribution in [3.05, 3.63) is 22.4 Å². The molecule has 1 N–H and O–H groups in total. The molecule has 0 unspecified atom stereocenters. The predicted octanol–water partition coefficient (Wildman–Crippen LogP) is 2.73. The molecule has 3 nitrogen and oxygen atoms in total. The highest BCUT2D eigenvalue weighted by molar-refractivity contribution is 7.07. The maximum absolute atomic E-state index is 12.0. The molecule has 98 valence electrons. The normalized spacial score (nSPS) is 26.3. The predicted molar refractivity (Wildman–Crippen MR) is 73.8 cm³/mol. The van der Waals surface area contributed by atoms with Gasteiger partial charge in [-0.3, -0.25) is 0 Å². The standard InChI is InChI=1S/C14H20N2OS/c17-14(15-6-4-11-5-7-18-10-11)16-8-12-2-1-3-13(12)9-16/h5,7,10,12-13H,1-4,6,8-9H2,(H,15,17)/t12-,13-/m0/s1. The van der Waals surface area contributed by atoms with Gasteiger partial charge >= 0.3 is 6.03 Å². The number of carbonyl (C=O) groups excluding carboxylic acids is 1. The van der Waals surface area contributed by atoms with E-state index in [2.05, 4.69) is 22.1 Å². The van der Waals surface area contributed by atoms with Gasteiger partial charge in [0.05, 0.1) is 0 Å². The van der Waals surface area contributed by atoms with Crippen LogP contribution in [0.15, 0.2) is 16.8 Å². The quantitative estimate of drug-likeness (QED) is 0.894. The molecule has 2 amide bonds. The number of rotatable bonds is 3. The van der Waals surface area contributed by atoms with Gasteiger partial charge in [-0.15, -0.1) is 0 Å². The fraction of sp³-hybridized carbons (Fsp3) is 0.643. The number of urea groups is 1. The average Bonchev–Trinajstić information content (AvgIpc) is 3.04. The van der Waals surface area contributed by atoms with Crippen LogP contribution >= 0.6 is 11.3 Å². The molecule has 2 fully saturated rings. The van der Waals surface area contributed by atoms with Gasteiger partial charge in [0, 0.05) is 19.6 Å². The molecule has 1 aromatic heterocycles. The second-order valence-corrected chi connectivity index (χ2v) is 6.25. The molecule has 1 saturated carbocycles. The summed E-state index contributed by atoms with van der Waals surface area (Å²) in [5, 5.41) is 7.27. The Balaban J connectivity index is 1.42. The highest BCUT2D eigenvalue weighted by Gasteiger charge is 2.37. The third-order valence-electron chi connectivity index (χ3n) is 4.28. The van der Waals surface area contributed by atoms with E-state index >= 15 is 0 Å². The third-order valence-corrected chi connectivity index (χ3v) is 5.02. The van der Waals surface area contributed by atoms with Gasteiger partial charge in [0.25, 0.3) is 0 Å². The maximum atomic E-state index is 12.0. The summed E-state index contributed by atoms with van der Waals surface area (Å²) in [6.45, 7) is 2.71. The monoisotopic (exact) mass is 264 g/mol. The van der Waals surface area contributed by atoms with E-state index < -0.39 is 0 Å². The summed E-state index contributed by atoms with van der Waals surface area (Å²) in [4.78, 5) is 14.0. The first-order valence-corrected chi connectivity index (χ1v) is 7.81. The number of fused-ring (bicyclic) bond motifs is 1. The van der Waals surface area contributed by atoms with E-state index in [-0.39, 0.29) is 6.03 Å². The van der Waals surface area contributed by atoms with Gasteiger partial charge in [-0.05, 0) is 53.5 Å². The number of thiophene rings is 1. The third kappa shape index (κ3) is 2.53. The molecule has 18 heavy (non-hydrogen) atoms. The lowest BCUT2D eigenvalue weighted by atomic mass is 10.0. The molecule has 2 heterocycles. The minimum absolute atomic E-state index is 0.139. The van der Waals surface area contributed by atoms with E-state index in [1.807, 2.05) is 4.90 Å². The summed E-state index contributed by atoms with van der Waals surface area (Å²) < 4.78 is 0. The van der Waals surface area contributed by atoms with Gasteiger partial charge in [-0.1, -0.05) is 6.42 Å². The molecular weight excluding hydrogens is 244 g/mol. The SMILES string of the molecule is O=C(NCCc1ccsc1)N1C[C@@H]2CCC[C@H]2C1. The van der Waals surface area contributed by atoms with Crippen LogP contribution in [0.2, 0.25) is 0 Å². The number of hydrogen-bond donors (Lipinski definition) is 1. The molecule has 0 spiro atoms. The van der Waals surface area contributed by atoms with Gasteiger partial charge in [-0.2, -0.15) is 11.3 Å². The fourth-order valence-corrected chi connectivity index (χ4v) is 3.96. The zero-order chi connectivity index (χ0) is 12.4. The minimum Gasteiger partial charge on any atom is -0.338 e. The van der Waals surface area contributed by atoms with Crippen molar-refractivity contribution in [2.24, 2.45) is 11.8 Å². The summed E-state index contributed by atoms with van der Waals surface area (Å²) in [7, 11) is 0. The number of amides is 2. The minimum atomic E-state index is 0.139. The molecule has 1 aliphatic heterocycles. The van der Waals surface area contributed by atoms with Crippen molar-refractivity contribution in [2.45, 2.75) is 25.7 Å². The van der Waals surface area contributed by atoms with E-state index in [1.165, 1.54) is 24.8 Å². The maximum Gasteiger partial charge on any atom is 0.317 e. The van der Waals surface area contributed by atoms with Crippen LogP contribution in [0, 0.1) is 11.8 Å². The van der Waals surface area contributed by atoms with Crippen molar-refractivity contribution >= 4 is 17.4 Å². The Morgan fingerprint density at radius 1 is 1.39 bits per heavy atom. The Morgan fingerprint density at radius 2 is 2.17 bits per heavy atom. The highest BCUT2D eigenvalue weighted by Crippen LogP contribution is 2.37. The first-order valence-electron chi connectivity index (χ1n) is 6.87. The largest absolute Gasteiger partial charge is 0.338 e. The molecule has 2 aliphatic rings. The molecule has 3 rings (SSSR count). The van der Waals surface area contributed by atoms with Crippen LogP contribution in [0.25, 0.3) is 0 Å². The molecule has 2 atom stereocenters. The van der Waals surface area contributed by atoms with Crippen LogP contribution in [0.5, 0.6) is 0 Å². The van der Waals surface area contributed by atoms with E-state index in [4.69, 9.17) is 0 Å². The Kier molecular flexibility index (Phi) is 3.55. The number of hydrogen-bond acceptors (Lipinski definition) is 2. The number of likely N-dealkylation sites (tertiary alicyclic amines) is 1. The Hall–Kier alpha value is -1.03. The van der Waals surface area contributed by atoms with Crippen molar-refractivity contribution in [3.63, 3.8) is 0 Å². The molecule has 0 bridgehead atoms. The van der Waals surface area contributed by atoms with E-state index in [0.29, 0.717) is 0 Å². The van der Waals surface area contributed by atoms with Crippen LogP contribution in [0.4, 0.5) is 4.79 Å². The van der Waals surface area contributed by atoms with E-state index in [1.54, 1.807) is 11.3 Å².